The lowest BCUT2D eigenvalue weighted by Gasteiger charge is -2.25. The van der Waals surface area contributed by atoms with Crippen LogP contribution in [0.4, 0.5) is 0 Å². The van der Waals surface area contributed by atoms with Gasteiger partial charge in [-0.1, -0.05) is 24.3 Å². The molecule has 0 saturated heterocycles. The van der Waals surface area contributed by atoms with Crippen LogP contribution in [0.25, 0.3) is 0 Å². The van der Waals surface area contributed by atoms with E-state index in [0.29, 0.717) is 5.92 Å². The zero-order valence-corrected chi connectivity index (χ0v) is 8.46. The normalized spacial score (nSPS) is 18.6. The average molecular weight is 166 g/mol. The van der Waals surface area contributed by atoms with Gasteiger partial charge in [0.1, 0.15) is 0 Å². The molecule has 0 atom stereocenters. The van der Waals surface area contributed by atoms with Gasteiger partial charge in [-0.05, 0) is 6.42 Å². The van der Waals surface area contributed by atoms with Gasteiger partial charge in [0.2, 0.25) is 0 Å². The predicted octanol–water partition coefficient (Wildman–Crippen LogP) is 2.21. The minimum atomic E-state index is 0.691. The van der Waals surface area contributed by atoms with Crippen LogP contribution in [-0.2, 0) is 0 Å². The lowest BCUT2D eigenvalue weighted by molar-refractivity contribution is -0.870. The third-order valence-corrected chi connectivity index (χ3v) is 2.17. The molecule has 0 aromatic heterocycles. The van der Waals surface area contributed by atoms with Gasteiger partial charge in [0.15, 0.2) is 0 Å². The van der Waals surface area contributed by atoms with Crippen molar-refractivity contribution < 1.29 is 4.48 Å². The fourth-order valence-electron chi connectivity index (χ4n) is 1.38. The van der Waals surface area contributed by atoms with E-state index in [9.17, 15) is 0 Å². The van der Waals surface area contributed by atoms with E-state index in [-0.39, 0.29) is 0 Å². The second-order valence-electron chi connectivity index (χ2n) is 4.56. The fourth-order valence-corrected chi connectivity index (χ4v) is 1.38. The summed E-state index contributed by atoms with van der Waals surface area (Å²) in [7, 11) is 6.74. The molecule has 0 heterocycles. The van der Waals surface area contributed by atoms with Crippen LogP contribution in [0.1, 0.15) is 12.8 Å². The van der Waals surface area contributed by atoms with Crippen LogP contribution < -0.4 is 0 Å². The predicted molar refractivity (Wildman–Crippen MR) is 53.9 cm³/mol. The number of hydrogen-bond acceptors (Lipinski definition) is 0. The van der Waals surface area contributed by atoms with E-state index in [2.05, 4.69) is 45.4 Å². The summed E-state index contributed by atoms with van der Waals surface area (Å²) in [4.78, 5) is 0. The maximum atomic E-state index is 2.33. The van der Waals surface area contributed by atoms with E-state index in [1.54, 1.807) is 0 Å². The molecule has 0 bridgehead atoms. The first-order valence-corrected chi connectivity index (χ1v) is 4.72. The Labute approximate surface area is 76.0 Å². The zero-order valence-electron chi connectivity index (χ0n) is 8.46. The van der Waals surface area contributed by atoms with Crippen molar-refractivity contribution in [2.45, 2.75) is 12.8 Å². The number of rotatable bonds is 3. The Kier molecular flexibility index (Phi) is 3.10. The van der Waals surface area contributed by atoms with Crippen molar-refractivity contribution in [2.75, 3.05) is 27.7 Å². The van der Waals surface area contributed by atoms with Gasteiger partial charge in [0, 0.05) is 12.3 Å². The van der Waals surface area contributed by atoms with Crippen LogP contribution in [0.3, 0.4) is 0 Å². The molecule has 0 radical (unpaired) electrons. The smallest absolute Gasteiger partial charge is 0.0789 e. The molecule has 1 rings (SSSR count). The average Bonchev–Trinajstić information content (AvgIpc) is 2.02. The summed E-state index contributed by atoms with van der Waals surface area (Å²) >= 11 is 0. The van der Waals surface area contributed by atoms with Gasteiger partial charge in [0.05, 0.1) is 27.7 Å². The van der Waals surface area contributed by atoms with Crippen LogP contribution >= 0.6 is 0 Å². The monoisotopic (exact) mass is 166 g/mol. The van der Waals surface area contributed by atoms with Crippen molar-refractivity contribution >= 4 is 0 Å². The third-order valence-electron chi connectivity index (χ3n) is 2.17. The van der Waals surface area contributed by atoms with Crippen LogP contribution in [0.15, 0.2) is 24.3 Å². The highest BCUT2D eigenvalue weighted by Gasteiger charge is 2.10. The molecule has 0 saturated carbocycles. The lowest BCUT2D eigenvalue weighted by atomic mass is 9.99. The molecule has 1 aliphatic rings. The van der Waals surface area contributed by atoms with E-state index in [1.165, 1.54) is 13.0 Å². The largest absolute Gasteiger partial charge is 0.331 e. The summed E-state index contributed by atoms with van der Waals surface area (Å²) in [6.07, 6.45) is 11.6. The topological polar surface area (TPSA) is 0 Å². The Bertz CT molecular complexity index is 172. The standard InChI is InChI=1S/C11H20N/c1-12(2,3)10-9-11-7-5-4-6-8-11/h5-8,11H,4,9-10H2,1-3H3/q+1. The van der Waals surface area contributed by atoms with Crippen molar-refractivity contribution in [1.29, 1.82) is 0 Å². The van der Waals surface area contributed by atoms with Crippen molar-refractivity contribution in [3.05, 3.63) is 24.3 Å². The molecule has 0 amide bonds. The van der Waals surface area contributed by atoms with E-state index >= 15 is 0 Å². The van der Waals surface area contributed by atoms with E-state index < -0.39 is 0 Å². The Balaban J connectivity index is 2.27. The van der Waals surface area contributed by atoms with Gasteiger partial charge in [-0.15, -0.1) is 0 Å². The van der Waals surface area contributed by atoms with Crippen LogP contribution in [0.5, 0.6) is 0 Å². The zero-order chi connectivity index (χ0) is 9.03. The quantitative estimate of drug-likeness (QED) is 0.445. The first-order valence-electron chi connectivity index (χ1n) is 4.72. The fraction of sp³-hybridized carbons (Fsp3) is 0.636. The Morgan fingerprint density at radius 1 is 1.17 bits per heavy atom. The highest BCUT2D eigenvalue weighted by molar-refractivity contribution is 5.08. The minimum absolute atomic E-state index is 0.691. The number of nitrogens with zero attached hydrogens (tertiary/aromatic N) is 1. The molecule has 0 unspecified atom stereocenters. The molecule has 0 fully saturated rings. The molecule has 1 nitrogen and oxygen atoms in total. The second-order valence-corrected chi connectivity index (χ2v) is 4.56. The molecular weight excluding hydrogens is 146 g/mol. The van der Waals surface area contributed by atoms with Gasteiger partial charge < -0.3 is 4.48 Å². The van der Waals surface area contributed by atoms with Crippen molar-refractivity contribution in [3.63, 3.8) is 0 Å². The molecule has 1 aliphatic carbocycles. The molecule has 1 heteroatoms. The summed E-state index contributed by atoms with van der Waals surface area (Å²) < 4.78 is 1.07. The second kappa shape index (κ2) is 3.90. The van der Waals surface area contributed by atoms with Crippen LogP contribution in [-0.4, -0.2) is 32.2 Å². The number of quaternary nitrogens is 1. The summed E-state index contributed by atoms with van der Waals surface area (Å²) in [5, 5.41) is 0. The highest BCUT2D eigenvalue weighted by atomic mass is 15.3. The van der Waals surface area contributed by atoms with Gasteiger partial charge >= 0.3 is 0 Å². The van der Waals surface area contributed by atoms with Crippen LogP contribution in [0, 0.1) is 5.92 Å². The molecule has 0 spiro atoms. The minimum Gasteiger partial charge on any atom is -0.331 e. The van der Waals surface area contributed by atoms with Crippen molar-refractivity contribution in [1.82, 2.24) is 0 Å². The molecule has 0 aromatic carbocycles. The first kappa shape index (κ1) is 9.53. The lowest BCUT2D eigenvalue weighted by Crippen LogP contribution is -2.36. The van der Waals surface area contributed by atoms with E-state index in [0.717, 1.165) is 10.9 Å². The van der Waals surface area contributed by atoms with Crippen molar-refractivity contribution in [2.24, 2.45) is 5.92 Å². The van der Waals surface area contributed by atoms with Gasteiger partial charge in [0.25, 0.3) is 0 Å². The maximum absolute atomic E-state index is 2.33. The summed E-state index contributed by atoms with van der Waals surface area (Å²) in [5.74, 6) is 0.691. The molecule has 0 aromatic rings. The SMILES string of the molecule is C[N+](C)(C)CCC1C=CCC=C1. The van der Waals surface area contributed by atoms with Crippen LogP contribution in [0.2, 0.25) is 0 Å². The third kappa shape index (κ3) is 3.72. The van der Waals surface area contributed by atoms with E-state index in [1.807, 2.05) is 0 Å². The molecule has 0 aliphatic heterocycles. The summed E-state index contributed by atoms with van der Waals surface area (Å²) in [6, 6.07) is 0. The summed E-state index contributed by atoms with van der Waals surface area (Å²) in [6.45, 7) is 1.25. The molecular formula is C11H20N+. The molecule has 0 N–H and O–H groups in total. The highest BCUT2D eigenvalue weighted by Crippen LogP contribution is 2.14. The Morgan fingerprint density at radius 2 is 1.75 bits per heavy atom. The van der Waals surface area contributed by atoms with Crippen molar-refractivity contribution in [3.8, 4) is 0 Å². The van der Waals surface area contributed by atoms with E-state index in [4.69, 9.17) is 0 Å². The Morgan fingerprint density at radius 3 is 2.25 bits per heavy atom. The van der Waals surface area contributed by atoms with Gasteiger partial charge in [-0.25, -0.2) is 0 Å². The summed E-state index contributed by atoms with van der Waals surface area (Å²) in [5.41, 5.74) is 0. The number of hydrogen-bond donors (Lipinski definition) is 0. The maximum Gasteiger partial charge on any atom is 0.0789 e. The first-order chi connectivity index (χ1) is 5.58. The van der Waals surface area contributed by atoms with Gasteiger partial charge in [-0.3, -0.25) is 0 Å². The molecule has 68 valence electrons. The van der Waals surface area contributed by atoms with Gasteiger partial charge in [-0.2, -0.15) is 0 Å². The molecule has 12 heavy (non-hydrogen) atoms. The number of allylic oxidation sites excluding steroid dienone is 4. The Hall–Kier alpha value is -0.560.